The number of nitrogens with one attached hydrogen (secondary N) is 1. The summed E-state index contributed by atoms with van der Waals surface area (Å²) in [5, 5.41) is 18.1. The Morgan fingerprint density at radius 2 is 2.15 bits per heavy atom. The SMILES string of the molecule is Nc1ccc2[nH]cnc2c1B(O)O. The minimum Gasteiger partial charge on any atom is -0.423 e. The van der Waals surface area contributed by atoms with Crippen molar-refractivity contribution in [1.82, 2.24) is 9.97 Å². The van der Waals surface area contributed by atoms with Crippen molar-refractivity contribution >= 4 is 29.3 Å². The van der Waals surface area contributed by atoms with Crippen LogP contribution in [0.4, 0.5) is 5.69 Å². The summed E-state index contributed by atoms with van der Waals surface area (Å²) in [5.74, 6) is 0. The second-order valence-corrected chi connectivity index (χ2v) is 2.74. The Kier molecular flexibility index (Phi) is 1.71. The number of anilines is 1. The van der Waals surface area contributed by atoms with Crippen molar-refractivity contribution in [1.29, 1.82) is 0 Å². The van der Waals surface area contributed by atoms with Gasteiger partial charge >= 0.3 is 7.12 Å². The molecule has 0 aliphatic carbocycles. The Morgan fingerprint density at radius 3 is 2.85 bits per heavy atom. The minimum atomic E-state index is -1.59. The third-order valence-corrected chi connectivity index (χ3v) is 1.92. The molecule has 2 aromatic rings. The van der Waals surface area contributed by atoms with E-state index in [2.05, 4.69) is 9.97 Å². The smallest absolute Gasteiger partial charge is 0.423 e. The van der Waals surface area contributed by atoms with Crippen molar-refractivity contribution in [3.8, 4) is 0 Å². The van der Waals surface area contributed by atoms with Gasteiger partial charge in [0.05, 0.1) is 17.4 Å². The standard InChI is InChI=1S/C7H8BN3O2/c9-4-1-2-5-7(11-3-10-5)6(4)8(12)13/h1-3,12-13H,9H2,(H,10,11). The van der Waals surface area contributed by atoms with Crippen LogP contribution in [0.5, 0.6) is 0 Å². The van der Waals surface area contributed by atoms with Crippen LogP contribution >= 0.6 is 0 Å². The van der Waals surface area contributed by atoms with Crippen LogP contribution in [0, 0.1) is 0 Å². The number of benzene rings is 1. The van der Waals surface area contributed by atoms with Crippen LogP contribution in [-0.4, -0.2) is 27.1 Å². The van der Waals surface area contributed by atoms with E-state index in [9.17, 15) is 0 Å². The van der Waals surface area contributed by atoms with Crippen LogP contribution in [0.2, 0.25) is 0 Å². The zero-order valence-corrected chi connectivity index (χ0v) is 6.73. The molecule has 0 saturated carbocycles. The van der Waals surface area contributed by atoms with Crippen LogP contribution in [-0.2, 0) is 0 Å². The Morgan fingerprint density at radius 1 is 1.38 bits per heavy atom. The van der Waals surface area contributed by atoms with Gasteiger partial charge < -0.3 is 20.8 Å². The molecule has 0 spiro atoms. The fourth-order valence-corrected chi connectivity index (χ4v) is 1.32. The Bertz CT molecular complexity index is 440. The van der Waals surface area contributed by atoms with Gasteiger partial charge in [0.1, 0.15) is 0 Å². The summed E-state index contributed by atoms with van der Waals surface area (Å²) in [5.41, 5.74) is 7.38. The first-order valence-electron chi connectivity index (χ1n) is 3.77. The summed E-state index contributed by atoms with van der Waals surface area (Å²) in [6.07, 6.45) is 1.48. The molecular weight excluding hydrogens is 169 g/mol. The van der Waals surface area contributed by atoms with Gasteiger partial charge in [-0.25, -0.2) is 4.98 Å². The number of hydrogen-bond acceptors (Lipinski definition) is 4. The highest BCUT2D eigenvalue weighted by Crippen LogP contribution is 2.10. The predicted octanol–water partition coefficient (Wildman–Crippen LogP) is -1.18. The van der Waals surface area contributed by atoms with Crippen LogP contribution in [0.3, 0.4) is 0 Å². The number of fused-ring (bicyclic) bond motifs is 1. The second kappa shape index (κ2) is 2.76. The Labute approximate surface area is 74.4 Å². The third-order valence-electron chi connectivity index (χ3n) is 1.92. The number of aromatic amines is 1. The lowest BCUT2D eigenvalue weighted by molar-refractivity contribution is 0.426. The molecule has 0 aliphatic rings. The maximum Gasteiger partial charge on any atom is 0.492 e. The summed E-state index contributed by atoms with van der Waals surface area (Å²) in [4.78, 5) is 6.80. The van der Waals surface area contributed by atoms with Gasteiger partial charge in [-0.1, -0.05) is 0 Å². The summed E-state index contributed by atoms with van der Waals surface area (Å²) >= 11 is 0. The topological polar surface area (TPSA) is 95.2 Å². The van der Waals surface area contributed by atoms with Gasteiger partial charge in [0.15, 0.2) is 0 Å². The lowest BCUT2D eigenvalue weighted by Gasteiger charge is -2.04. The molecule has 0 atom stereocenters. The molecule has 0 fully saturated rings. The van der Waals surface area contributed by atoms with Crippen LogP contribution in [0.25, 0.3) is 11.0 Å². The van der Waals surface area contributed by atoms with Gasteiger partial charge in [0, 0.05) is 11.2 Å². The van der Waals surface area contributed by atoms with Crippen molar-refractivity contribution < 1.29 is 10.0 Å². The molecule has 1 aromatic heterocycles. The summed E-state index contributed by atoms with van der Waals surface area (Å²) in [7, 11) is -1.59. The van der Waals surface area contributed by atoms with Crippen LogP contribution in [0.1, 0.15) is 0 Å². The van der Waals surface area contributed by atoms with E-state index in [-0.39, 0.29) is 5.46 Å². The first-order chi connectivity index (χ1) is 6.20. The zero-order chi connectivity index (χ0) is 9.42. The molecule has 0 radical (unpaired) electrons. The number of hydrogen-bond donors (Lipinski definition) is 4. The monoisotopic (exact) mass is 177 g/mol. The van der Waals surface area contributed by atoms with E-state index in [0.717, 1.165) is 5.52 Å². The summed E-state index contributed by atoms with van der Waals surface area (Å²) in [6.45, 7) is 0. The molecule has 2 rings (SSSR count). The number of nitrogen functional groups attached to an aromatic ring is 1. The third kappa shape index (κ3) is 1.16. The van der Waals surface area contributed by atoms with Gasteiger partial charge in [0.25, 0.3) is 0 Å². The molecule has 0 bridgehead atoms. The first kappa shape index (κ1) is 8.09. The largest absolute Gasteiger partial charge is 0.492 e. The van der Waals surface area contributed by atoms with Crippen molar-refractivity contribution in [2.24, 2.45) is 0 Å². The number of rotatable bonds is 1. The molecule has 1 aromatic carbocycles. The van der Waals surface area contributed by atoms with E-state index in [4.69, 9.17) is 15.8 Å². The average molecular weight is 177 g/mol. The summed E-state index contributed by atoms with van der Waals surface area (Å²) in [6, 6.07) is 3.35. The second-order valence-electron chi connectivity index (χ2n) is 2.74. The quantitative estimate of drug-likeness (QED) is 0.326. The van der Waals surface area contributed by atoms with Gasteiger partial charge in [0.2, 0.25) is 0 Å². The highest BCUT2D eigenvalue weighted by Gasteiger charge is 2.19. The van der Waals surface area contributed by atoms with Gasteiger partial charge in [-0.15, -0.1) is 0 Å². The number of H-pyrrole nitrogens is 1. The van der Waals surface area contributed by atoms with Gasteiger partial charge in [-0.3, -0.25) is 0 Å². The number of nitrogens with two attached hydrogens (primary N) is 1. The lowest BCUT2D eigenvalue weighted by Crippen LogP contribution is -2.33. The van der Waals surface area contributed by atoms with E-state index in [1.807, 2.05) is 0 Å². The number of imidazole rings is 1. The summed E-state index contributed by atoms with van der Waals surface area (Å²) < 4.78 is 0. The van der Waals surface area contributed by atoms with Crippen LogP contribution < -0.4 is 11.2 Å². The first-order valence-corrected chi connectivity index (χ1v) is 3.77. The maximum atomic E-state index is 9.04. The Hall–Kier alpha value is -1.53. The van der Waals surface area contributed by atoms with Crippen LogP contribution in [0.15, 0.2) is 18.5 Å². The highest BCUT2D eigenvalue weighted by atomic mass is 16.4. The molecule has 6 heteroatoms. The van der Waals surface area contributed by atoms with E-state index in [1.165, 1.54) is 6.33 Å². The van der Waals surface area contributed by atoms with E-state index < -0.39 is 7.12 Å². The van der Waals surface area contributed by atoms with E-state index in [0.29, 0.717) is 11.2 Å². The molecule has 1 heterocycles. The minimum absolute atomic E-state index is 0.249. The molecule has 5 nitrogen and oxygen atoms in total. The van der Waals surface area contributed by atoms with Crippen molar-refractivity contribution in [3.63, 3.8) is 0 Å². The molecule has 5 N–H and O–H groups in total. The van der Waals surface area contributed by atoms with Gasteiger partial charge in [-0.2, -0.15) is 0 Å². The lowest BCUT2D eigenvalue weighted by atomic mass is 9.78. The molecule has 0 amide bonds. The van der Waals surface area contributed by atoms with E-state index >= 15 is 0 Å². The van der Waals surface area contributed by atoms with Crippen molar-refractivity contribution in [2.45, 2.75) is 0 Å². The average Bonchev–Trinajstić information content (AvgIpc) is 2.50. The predicted molar refractivity (Wildman–Crippen MR) is 50.3 cm³/mol. The molecule has 0 saturated heterocycles. The molecular formula is C7H8BN3O2. The molecule has 66 valence electrons. The fraction of sp³-hybridized carbons (Fsp3) is 0. The Balaban J connectivity index is 2.80. The van der Waals surface area contributed by atoms with Gasteiger partial charge in [-0.05, 0) is 12.1 Å². The normalized spacial score (nSPS) is 10.6. The van der Waals surface area contributed by atoms with E-state index in [1.54, 1.807) is 12.1 Å². The molecule has 13 heavy (non-hydrogen) atoms. The molecule has 0 unspecified atom stereocenters. The fourth-order valence-electron chi connectivity index (χ4n) is 1.32. The maximum absolute atomic E-state index is 9.04. The number of nitrogens with zero attached hydrogens (tertiary/aromatic N) is 1. The van der Waals surface area contributed by atoms with Crippen molar-refractivity contribution in [3.05, 3.63) is 18.5 Å². The van der Waals surface area contributed by atoms with Crippen molar-refractivity contribution in [2.75, 3.05) is 5.73 Å². The molecule has 0 aliphatic heterocycles. The highest BCUT2D eigenvalue weighted by molar-refractivity contribution is 6.63. The number of aromatic nitrogens is 2. The zero-order valence-electron chi connectivity index (χ0n) is 6.73.